The highest BCUT2D eigenvalue weighted by Gasteiger charge is 2.44. The molecule has 1 unspecified atom stereocenters. The quantitative estimate of drug-likeness (QED) is 0.0841. The van der Waals surface area contributed by atoms with Gasteiger partial charge in [0.2, 0.25) is 0 Å². The molecular weight excluding hydrogens is 498 g/mol. The van der Waals surface area contributed by atoms with Gasteiger partial charge in [0.05, 0.1) is 19.3 Å². The van der Waals surface area contributed by atoms with E-state index in [1.165, 1.54) is 109 Å². The average Bonchev–Trinajstić information content (AvgIpc) is 2.93. The maximum absolute atomic E-state index is 10.1. The fourth-order valence-corrected chi connectivity index (χ4v) is 5.07. The molecule has 0 spiro atoms. The van der Waals surface area contributed by atoms with Crippen LogP contribution in [0.25, 0.3) is 0 Å². The summed E-state index contributed by atoms with van der Waals surface area (Å²) in [4.78, 5) is 0. The van der Waals surface area contributed by atoms with Gasteiger partial charge in [-0.05, 0) is 19.0 Å². The Bertz CT molecular complexity index is 565. The number of aliphatic hydroxyl groups excluding tert-OH is 5. The first-order valence-corrected chi connectivity index (χ1v) is 16.0. The van der Waals surface area contributed by atoms with Crippen molar-refractivity contribution in [2.75, 3.05) is 19.8 Å². The van der Waals surface area contributed by atoms with Crippen LogP contribution in [0.5, 0.6) is 0 Å². The molecule has 0 bridgehead atoms. The highest BCUT2D eigenvalue weighted by molar-refractivity contribution is 4.89. The number of nitrogens with one attached hydrogen (secondary N) is 1. The van der Waals surface area contributed by atoms with Gasteiger partial charge in [0.25, 0.3) is 0 Å². The van der Waals surface area contributed by atoms with Crippen LogP contribution in [0.15, 0.2) is 12.3 Å². The van der Waals surface area contributed by atoms with Crippen molar-refractivity contribution in [3.05, 3.63) is 12.3 Å². The van der Waals surface area contributed by atoms with Crippen LogP contribution in [-0.2, 0) is 9.47 Å². The van der Waals surface area contributed by atoms with Gasteiger partial charge in [0, 0.05) is 6.54 Å². The SMILES string of the molecule is CCCCCCCCCCCCCCCCCCCC/C=C/NCC(O)CO[C@@H]1[C@@H](O)[C@@H](O)[C@@H](CO)O[C@H]1O. The van der Waals surface area contributed by atoms with Gasteiger partial charge in [0.15, 0.2) is 6.29 Å². The Hall–Kier alpha value is -0.740. The van der Waals surface area contributed by atoms with E-state index in [-0.39, 0.29) is 13.2 Å². The van der Waals surface area contributed by atoms with Gasteiger partial charge in [-0.2, -0.15) is 0 Å². The Kier molecular flexibility index (Phi) is 23.3. The Morgan fingerprint density at radius 3 is 1.72 bits per heavy atom. The summed E-state index contributed by atoms with van der Waals surface area (Å²) in [5, 5.41) is 52.0. The summed E-state index contributed by atoms with van der Waals surface area (Å²) in [5.74, 6) is 0. The molecule has 0 aliphatic carbocycles. The van der Waals surface area contributed by atoms with E-state index in [2.05, 4.69) is 18.3 Å². The molecule has 6 atom stereocenters. The third-order valence-corrected chi connectivity index (χ3v) is 7.64. The van der Waals surface area contributed by atoms with Gasteiger partial charge in [-0.25, -0.2) is 0 Å². The average molecular weight is 560 g/mol. The molecule has 0 radical (unpaired) electrons. The largest absolute Gasteiger partial charge is 0.394 e. The smallest absolute Gasteiger partial charge is 0.184 e. The maximum Gasteiger partial charge on any atom is 0.184 e. The lowest BCUT2D eigenvalue weighted by molar-refractivity contribution is -0.298. The normalized spacial score (nSPS) is 24.4. The predicted molar refractivity (Wildman–Crippen MR) is 156 cm³/mol. The van der Waals surface area contributed by atoms with Gasteiger partial charge in [-0.1, -0.05) is 122 Å². The Morgan fingerprint density at radius 2 is 1.23 bits per heavy atom. The standard InChI is InChI=1S/C31H61NO7/c1-2-3-4-5-6-7-8-9-10-11-12-13-14-15-16-17-18-19-20-21-22-32-23-26(34)25-38-30-29(36)28(35)27(24-33)39-31(30)37/h21-22,26-37H,2-20,23-25H2,1H3/b22-21+/t26?,27-,28+,29+,30-,31-/m1/s1. The summed E-state index contributed by atoms with van der Waals surface area (Å²) in [6.45, 7) is 1.87. The van der Waals surface area contributed by atoms with Crippen LogP contribution in [0.2, 0.25) is 0 Å². The number of hydrogen-bond acceptors (Lipinski definition) is 8. The molecule has 1 rings (SSSR count). The highest BCUT2D eigenvalue weighted by Crippen LogP contribution is 2.22. The number of rotatable bonds is 26. The molecule has 0 amide bonds. The lowest BCUT2D eigenvalue weighted by atomic mass is 9.99. The first kappa shape index (κ1) is 36.3. The number of aliphatic hydroxyl groups is 5. The number of ether oxygens (including phenoxy) is 2. The van der Waals surface area contributed by atoms with Gasteiger partial charge < -0.3 is 40.3 Å². The summed E-state index contributed by atoms with van der Waals surface area (Å²) in [6.07, 6.45) is 22.2. The summed E-state index contributed by atoms with van der Waals surface area (Å²) in [6, 6.07) is 0. The van der Waals surface area contributed by atoms with Crippen molar-refractivity contribution in [1.82, 2.24) is 5.32 Å². The van der Waals surface area contributed by atoms with Crippen molar-refractivity contribution < 1.29 is 35.0 Å². The molecule has 0 aromatic carbocycles. The van der Waals surface area contributed by atoms with Crippen LogP contribution in [0, 0.1) is 0 Å². The number of allylic oxidation sites excluding steroid dienone is 1. The summed E-state index contributed by atoms with van der Waals surface area (Å²) in [5.41, 5.74) is 0. The van der Waals surface area contributed by atoms with Gasteiger partial charge in [-0.15, -0.1) is 0 Å². The molecule has 1 aliphatic rings. The van der Waals surface area contributed by atoms with Gasteiger partial charge in [-0.3, -0.25) is 0 Å². The first-order valence-electron chi connectivity index (χ1n) is 16.0. The van der Waals surface area contributed by atoms with Crippen molar-refractivity contribution in [2.45, 2.75) is 166 Å². The molecule has 0 saturated carbocycles. The maximum atomic E-state index is 10.1. The molecule has 39 heavy (non-hydrogen) atoms. The van der Waals surface area contributed by atoms with Crippen LogP contribution in [0.1, 0.15) is 129 Å². The van der Waals surface area contributed by atoms with Crippen LogP contribution in [0.4, 0.5) is 0 Å². The minimum Gasteiger partial charge on any atom is -0.394 e. The fraction of sp³-hybridized carbons (Fsp3) is 0.935. The zero-order valence-electron chi connectivity index (χ0n) is 24.7. The number of hydrogen-bond donors (Lipinski definition) is 6. The fourth-order valence-electron chi connectivity index (χ4n) is 5.07. The van der Waals surface area contributed by atoms with Crippen molar-refractivity contribution in [2.24, 2.45) is 0 Å². The van der Waals surface area contributed by atoms with E-state index in [1.807, 2.05) is 6.20 Å². The molecule has 1 heterocycles. The molecule has 0 aromatic heterocycles. The topological polar surface area (TPSA) is 132 Å². The molecule has 1 saturated heterocycles. The zero-order valence-corrected chi connectivity index (χ0v) is 24.7. The molecular formula is C31H61NO7. The van der Waals surface area contributed by atoms with Gasteiger partial charge in [0.1, 0.15) is 24.4 Å². The van der Waals surface area contributed by atoms with Crippen LogP contribution in [-0.4, -0.2) is 82.1 Å². The van der Waals surface area contributed by atoms with Crippen LogP contribution >= 0.6 is 0 Å². The van der Waals surface area contributed by atoms with Gasteiger partial charge >= 0.3 is 0 Å². The second kappa shape index (κ2) is 25.0. The van der Waals surface area contributed by atoms with E-state index in [9.17, 15) is 20.4 Å². The van der Waals surface area contributed by atoms with Crippen molar-refractivity contribution in [1.29, 1.82) is 0 Å². The first-order chi connectivity index (χ1) is 19.0. The van der Waals surface area contributed by atoms with E-state index >= 15 is 0 Å². The zero-order chi connectivity index (χ0) is 28.6. The molecule has 8 heteroatoms. The second-order valence-corrected chi connectivity index (χ2v) is 11.3. The van der Waals surface area contributed by atoms with E-state index in [0.717, 1.165) is 12.8 Å². The monoisotopic (exact) mass is 559 g/mol. The van der Waals surface area contributed by atoms with E-state index in [4.69, 9.17) is 14.6 Å². The minimum absolute atomic E-state index is 0.140. The van der Waals surface area contributed by atoms with E-state index < -0.39 is 43.4 Å². The number of unbranched alkanes of at least 4 members (excludes halogenated alkanes) is 18. The molecule has 8 nitrogen and oxygen atoms in total. The lowest BCUT2D eigenvalue weighted by Gasteiger charge is -2.40. The van der Waals surface area contributed by atoms with Crippen LogP contribution in [0.3, 0.4) is 0 Å². The van der Waals surface area contributed by atoms with Crippen LogP contribution < -0.4 is 5.32 Å². The van der Waals surface area contributed by atoms with E-state index in [1.54, 1.807) is 0 Å². The minimum atomic E-state index is -1.49. The van der Waals surface area contributed by atoms with Crippen molar-refractivity contribution in [3.63, 3.8) is 0 Å². The molecule has 232 valence electrons. The predicted octanol–water partition coefficient (Wildman–Crippen LogP) is 4.70. The van der Waals surface area contributed by atoms with E-state index in [0.29, 0.717) is 0 Å². The van der Waals surface area contributed by atoms with Crippen molar-refractivity contribution in [3.8, 4) is 0 Å². The third-order valence-electron chi connectivity index (χ3n) is 7.64. The summed E-state index contributed by atoms with van der Waals surface area (Å²) in [7, 11) is 0. The lowest BCUT2D eigenvalue weighted by Crippen LogP contribution is -2.59. The molecule has 1 fully saturated rings. The summed E-state index contributed by atoms with van der Waals surface area (Å²) >= 11 is 0. The highest BCUT2D eigenvalue weighted by atomic mass is 16.7. The second-order valence-electron chi connectivity index (χ2n) is 11.3. The molecule has 1 aliphatic heterocycles. The Morgan fingerprint density at radius 1 is 0.744 bits per heavy atom. The molecule has 6 N–H and O–H groups in total. The Balaban J connectivity index is 1.85. The third kappa shape index (κ3) is 18.3. The molecule has 0 aromatic rings. The summed E-state index contributed by atoms with van der Waals surface area (Å²) < 4.78 is 10.4. The Labute approximate surface area is 238 Å². The van der Waals surface area contributed by atoms with Crippen molar-refractivity contribution >= 4 is 0 Å².